The van der Waals surface area contributed by atoms with Gasteiger partial charge < -0.3 is 13.8 Å². The molecule has 1 saturated heterocycles. The van der Waals surface area contributed by atoms with Gasteiger partial charge in [-0.15, -0.1) is 0 Å². The zero-order valence-electron chi connectivity index (χ0n) is 12.2. The van der Waals surface area contributed by atoms with Crippen LogP contribution in [0.4, 0.5) is 13.2 Å². The lowest BCUT2D eigenvalue weighted by Gasteiger charge is -2.33. The molecule has 0 saturated carbocycles. The molecule has 0 radical (unpaired) electrons. The summed E-state index contributed by atoms with van der Waals surface area (Å²) >= 11 is 0. The Morgan fingerprint density at radius 2 is 2.00 bits per heavy atom. The molecule has 0 bridgehead atoms. The molecule has 0 aliphatic carbocycles. The van der Waals surface area contributed by atoms with Crippen molar-refractivity contribution in [3.63, 3.8) is 0 Å². The van der Waals surface area contributed by atoms with Crippen molar-refractivity contribution in [2.24, 2.45) is 5.92 Å². The van der Waals surface area contributed by atoms with Crippen LogP contribution in [0, 0.1) is 5.92 Å². The van der Waals surface area contributed by atoms with Crippen molar-refractivity contribution in [2.75, 3.05) is 7.11 Å². The number of halogens is 3. The lowest BCUT2D eigenvalue weighted by atomic mass is 9.96. The number of hydrogen-bond acceptors (Lipinski definition) is 6. The molecular formula is C12H14F3NO6S. The van der Waals surface area contributed by atoms with Crippen LogP contribution in [-0.4, -0.2) is 49.9 Å². The highest BCUT2D eigenvalue weighted by atomic mass is 32.2. The van der Waals surface area contributed by atoms with Crippen LogP contribution in [0.5, 0.6) is 0 Å². The van der Waals surface area contributed by atoms with Crippen LogP contribution in [-0.2, 0) is 28.6 Å². The van der Waals surface area contributed by atoms with Gasteiger partial charge in [-0.2, -0.15) is 21.6 Å². The maximum atomic E-state index is 12.3. The molecular weight excluding hydrogens is 343 g/mol. The van der Waals surface area contributed by atoms with Crippen LogP contribution >= 0.6 is 0 Å². The molecule has 2 aliphatic rings. The fourth-order valence-electron chi connectivity index (χ4n) is 2.81. The molecule has 2 heterocycles. The van der Waals surface area contributed by atoms with Gasteiger partial charge >= 0.3 is 21.6 Å². The number of hydrogen-bond donors (Lipinski definition) is 0. The van der Waals surface area contributed by atoms with E-state index in [0.29, 0.717) is 6.08 Å². The number of rotatable bonds is 3. The molecule has 130 valence electrons. The summed E-state index contributed by atoms with van der Waals surface area (Å²) in [4.78, 5) is 25.0. The van der Waals surface area contributed by atoms with Crippen LogP contribution < -0.4 is 0 Å². The Balaban J connectivity index is 2.26. The van der Waals surface area contributed by atoms with Gasteiger partial charge in [0.25, 0.3) is 5.91 Å². The summed E-state index contributed by atoms with van der Waals surface area (Å²) < 4.78 is 67.7. The fourth-order valence-corrected chi connectivity index (χ4v) is 3.31. The number of fused-ring (bicyclic) bond motifs is 1. The van der Waals surface area contributed by atoms with Crippen molar-refractivity contribution >= 4 is 22.0 Å². The predicted octanol–water partition coefficient (Wildman–Crippen LogP) is 0.919. The van der Waals surface area contributed by atoms with Gasteiger partial charge in [0.05, 0.1) is 7.11 Å². The smallest absolute Gasteiger partial charge is 0.467 e. The normalized spacial score (nSPS) is 28.2. The van der Waals surface area contributed by atoms with E-state index in [1.54, 1.807) is 6.92 Å². The largest absolute Gasteiger partial charge is 0.534 e. The van der Waals surface area contributed by atoms with E-state index in [1.165, 1.54) is 4.90 Å². The van der Waals surface area contributed by atoms with Gasteiger partial charge in [0, 0.05) is 18.5 Å². The van der Waals surface area contributed by atoms with Crippen molar-refractivity contribution in [3.05, 3.63) is 11.8 Å². The summed E-state index contributed by atoms with van der Waals surface area (Å²) in [6.45, 7) is 1.70. The van der Waals surface area contributed by atoms with Crippen LogP contribution in [0.3, 0.4) is 0 Å². The van der Waals surface area contributed by atoms with Gasteiger partial charge in [-0.1, -0.05) is 6.92 Å². The Labute approximate surface area is 130 Å². The number of carbonyl (C=O) groups is 2. The molecule has 0 N–H and O–H groups in total. The van der Waals surface area contributed by atoms with Gasteiger partial charge in [0.2, 0.25) is 0 Å². The Morgan fingerprint density at radius 1 is 1.39 bits per heavy atom. The molecule has 0 aromatic heterocycles. The molecule has 0 spiro atoms. The zero-order valence-corrected chi connectivity index (χ0v) is 13.0. The topological polar surface area (TPSA) is 90.0 Å². The Hall–Kier alpha value is -1.78. The number of nitrogens with zero attached hydrogens (tertiary/aromatic N) is 1. The maximum Gasteiger partial charge on any atom is 0.534 e. The average Bonchev–Trinajstić information content (AvgIpc) is 2.74. The third-order valence-corrected chi connectivity index (χ3v) is 4.87. The molecule has 1 unspecified atom stereocenters. The second-order valence-electron chi connectivity index (χ2n) is 5.36. The molecule has 0 aromatic rings. The molecule has 1 fully saturated rings. The van der Waals surface area contributed by atoms with E-state index >= 15 is 0 Å². The summed E-state index contributed by atoms with van der Waals surface area (Å²) in [5.74, 6) is -2.24. The summed E-state index contributed by atoms with van der Waals surface area (Å²) in [5.41, 5.74) is -5.58. The standard InChI is InChI=1S/C12H14F3NO6S/c1-6-3-9(11(18)21-2)16-8(6)4-7(5-10(16)17)22-23(19,20)12(13,14)15/h5-6,8-9H,3-4H2,1-2H3/t6-,8?,9-/m0/s1. The minimum Gasteiger partial charge on any atom is -0.467 e. The van der Waals surface area contributed by atoms with E-state index in [0.717, 1.165) is 7.11 Å². The van der Waals surface area contributed by atoms with E-state index < -0.39 is 45.3 Å². The highest BCUT2D eigenvalue weighted by Crippen LogP contribution is 2.38. The minimum atomic E-state index is -5.83. The van der Waals surface area contributed by atoms with Crippen LogP contribution in [0.1, 0.15) is 19.8 Å². The zero-order chi connectivity index (χ0) is 17.6. The van der Waals surface area contributed by atoms with Gasteiger partial charge in [0.1, 0.15) is 11.8 Å². The first-order valence-electron chi connectivity index (χ1n) is 6.59. The van der Waals surface area contributed by atoms with Crippen LogP contribution in [0.2, 0.25) is 0 Å². The van der Waals surface area contributed by atoms with Gasteiger partial charge in [-0.3, -0.25) is 4.79 Å². The van der Waals surface area contributed by atoms with Gasteiger partial charge in [-0.05, 0) is 12.3 Å². The highest BCUT2D eigenvalue weighted by Gasteiger charge is 2.51. The molecule has 23 heavy (non-hydrogen) atoms. The molecule has 11 heteroatoms. The Morgan fingerprint density at radius 3 is 2.52 bits per heavy atom. The van der Waals surface area contributed by atoms with E-state index in [9.17, 15) is 31.2 Å². The third kappa shape index (κ3) is 3.14. The first kappa shape index (κ1) is 17.6. The quantitative estimate of drug-likeness (QED) is 0.424. The number of alkyl halides is 3. The molecule has 1 amide bonds. The van der Waals surface area contributed by atoms with Crippen molar-refractivity contribution in [1.29, 1.82) is 0 Å². The predicted molar refractivity (Wildman–Crippen MR) is 69.0 cm³/mol. The molecule has 3 atom stereocenters. The Bertz CT molecular complexity index is 656. The van der Waals surface area contributed by atoms with Gasteiger partial charge in [-0.25, -0.2) is 4.79 Å². The van der Waals surface area contributed by atoms with E-state index in [4.69, 9.17) is 0 Å². The van der Waals surface area contributed by atoms with Crippen LogP contribution in [0.25, 0.3) is 0 Å². The van der Waals surface area contributed by atoms with Crippen LogP contribution in [0.15, 0.2) is 11.8 Å². The molecule has 2 aliphatic heterocycles. The average molecular weight is 357 g/mol. The molecule has 2 rings (SSSR count). The lowest BCUT2D eigenvalue weighted by Crippen LogP contribution is -2.47. The first-order chi connectivity index (χ1) is 10.5. The molecule has 0 aromatic carbocycles. The second-order valence-corrected chi connectivity index (χ2v) is 6.90. The monoisotopic (exact) mass is 357 g/mol. The Kier molecular flexibility index (Phi) is 4.35. The maximum absolute atomic E-state index is 12.3. The fraction of sp³-hybridized carbons (Fsp3) is 0.667. The van der Waals surface area contributed by atoms with E-state index in [-0.39, 0.29) is 18.8 Å². The summed E-state index contributed by atoms with van der Waals surface area (Å²) in [7, 11) is -4.67. The first-order valence-corrected chi connectivity index (χ1v) is 8.00. The summed E-state index contributed by atoms with van der Waals surface area (Å²) in [6.07, 6.45) is 0.708. The van der Waals surface area contributed by atoms with Crippen molar-refractivity contribution < 1.29 is 40.1 Å². The number of methoxy groups -OCH3 is 1. The van der Waals surface area contributed by atoms with Gasteiger partial charge in [0.15, 0.2) is 0 Å². The number of ether oxygens (including phenoxy) is 1. The van der Waals surface area contributed by atoms with Crippen molar-refractivity contribution in [3.8, 4) is 0 Å². The number of esters is 1. The number of carbonyl (C=O) groups excluding carboxylic acids is 2. The second kappa shape index (κ2) is 5.69. The van der Waals surface area contributed by atoms with E-state index in [2.05, 4.69) is 8.92 Å². The minimum absolute atomic E-state index is 0.226. The number of amides is 1. The molecule has 7 nitrogen and oxygen atoms in total. The van der Waals surface area contributed by atoms with E-state index in [1.807, 2.05) is 0 Å². The summed E-state index contributed by atoms with van der Waals surface area (Å²) in [5, 5.41) is 0. The SMILES string of the molecule is COC(=O)[C@@H]1C[C@H](C)C2CC(OS(=O)(=O)C(F)(F)F)=CC(=O)N21. The third-order valence-electron chi connectivity index (χ3n) is 3.87. The van der Waals surface area contributed by atoms with Crippen molar-refractivity contribution in [1.82, 2.24) is 4.90 Å². The lowest BCUT2D eigenvalue weighted by molar-refractivity contribution is -0.151. The summed E-state index contributed by atoms with van der Waals surface area (Å²) in [6, 6.07) is -1.47. The highest BCUT2D eigenvalue weighted by molar-refractivity contribution is 7.87. The van der Waals surface area contributed by atoms with Crippen molar-refractivity contribution in [2.45, 2.75) is 37.4 Å².